The molecule has 3 aromatic heterocycles. The fraction of sp³-hybridized carbons (Fsp3) is 0.353. The summed E-state index contributed by atoms with van der Waals surface area (Å²) in [6, 6.07) is 0.309. The highest BCUT2D eigenvalue weighted by atomic mass is 35.5. The minimum absolute atomic E-state index is 0.118. The Balaban J connectivity index is 1.58. The molecule has 1 saturated carbocycles. The molecule has 0 aromatic carbocycles. The van der Waals surface area contributed by atoms with Gasteiger partial charge in [0.2, 0.25) is 0 Å². The number of nitrogens with two attached hydrogens (primary N) is 1. The Morgan fingerprint density at radius 3 is 2.88 bits per heavy atom. The lowest BCUT2D eigenvalue weighted by Gasteiger charge is -2.29. The number of rotatable bonds is 4. The summed E-state index contributed by atoms with van der Waals surface area (Å²) in [5.41, 5.74) is 7.90. The minimum Gasteiger partial charge on any atom is -0.364 e. The van der Waals surface area contributed by atoms with Crippen molar-refractivity contribution in [1.82, 2.24) is 9.97 Å². The fourth-order valence-corrected chi connectivity index (χ4v) is 4.92. The summed E-state index contributed by atoms with van der Waals surface area (Å²) >= 11 is 8.89. The van der Waals surface area contributed by atoms with Crippen LogP contribution < -0.4 is 16.4 Å². The number of aromatic nitrogens is 2. The van der Waals surface area contributed by atoms with Crippen LogP contribution in [0.15, 0.2) is 22.3 Å². The molecule has 0 radical (unpaired) electrons. The van der Waals surface area contributed by atoms with Crippen molar-refractivity contribution in [2.45, 2.75) is 37.8 Å². The number of nitrogens with zero attached hydrogens (tertiary/aromatic N) is 2. The van der Waals surface area contributed by atoms with E-state index in [4.69, 9.17) is 17.3 Å². The van der Waals surface area contributed by atoms with E-state index < -0.39 is 0 Å². The van der Waals surface area contributed by atoms with Gasteiger partial charge in [0.15, 0.2) is 0 Å². The van der Waals surface area contributed by atoms with Gasteiger partial charge in [-0.25, -0.2) is 9.97 Å². The van der Waals surface area contributed by atoms with Gasteiger partial charge in [0.05, 0.1) is 22.5 Å². The number of carbonyl (C=O) groups excluding carboxylic acids is 1. The van der Waals surface area contributed by atoms with Crippen LogP contribution in [0, 0.1) is 0 Å². The van der Waals surface area contributed by atoms with E-state index in [1.54, 1.807) is 22.3 Å². The molecule has 4 N–H and O–H groups in total. The largest absolute Gasteiger partial charge is 0.364 e. The first-order valence-electron chi connectivity index (χ1n) is 8.41. The Morgan fingerprint density at radius 2 is 2.12 bits per heavy atom. The third-order valence-corrected chi connectivity index (χ3v) is 6.60. The summed E-state index contributed by atoms with van der Waals surface area (Å²) in [6.45, 7) is 0. The summed E-state index contributed by atoms with van der Waals surface area (Å²) in [6.07, 6.45) is 6.07. The molecule has 4 rings (SSSR count). The van der Waals surface area contributed by atoms with E-state index in [-0.39, 0.29) is 18.0 Å². The average Bonchev–Trinajstić information content (AvgIpc) is 3.23. The topological polar surface area (TPSA) is 92.9 Å². The van der Waals surface area contributed by atoms with Gasteiger partial charge in [-0.3, -0.25) is 4.79 Å². The molecule has 0 aliphatic heterocycles. The molecular weight excluding hydrogens is 390 g/mol. The summed E-state index contributed by atoms with van der Waals surface area (Å²) < 4.78 is 0. The van der Waals surface area contributed by atoms with E-state index in [1.807, 2.05) is 0 Å². The number of carbonyl (C=O) groups is 1. The summed E-state index contributed by atoms with van der Waals surface area (Å²) in [4.78, 5) is 22.4. The molecule has 1 aliphatic rings. The van der Waals surface area contributed by atoms with E-state index in [0.717, 1.165) is 24.1 Å². The Hall–Kier alpha value is -1.74. The molecule has 0 bridgehead atoms. The van der Waals surface area contributed by atoms with Gasteiger partial charge in [-0.15, -0.1) is 22.7 Å². The average molecular weight is 408 g/mol. The first kappa shape index (κ1) is 17.7. The van der Waals surface area contributed by atoms with Crippen LogP contribution in [0.1, 0.15) is 36.0 Å². The molecule has 1 aliphatic carbocycles. The van der Waals surface area contributed by atoms with Crippen molar-refractivity contribution in [3.8, 4) is 0 Å². The zero-order valence-electron chi connectivity index (χ0n) is 13.9. The molecule has 0 unspecified atom stereocenters. The number of anilines is 2. The van der Waals surface area contributed by atoms with E-state index in [1.165, 1.54) is 29.1 Å². The quantitative estimate of drug-likeness (QED) is 0.598. The van der Waals surface area contributed by atoms with Crippen LogP contribution in [0.25, 0.3) is 10.3 Å². The predicted molar refractivity (Wildman–Crippen MR) is 109 cm³/mol. The van der Waals surface area contributed by atoms with Crippen molar-refractivity contribution in [1.29, 1.82) is 0 Å². The maximum atomic E-state index is 12.6. The summed E-state index contributed by atoms with van der Waals surface area (Å²) in [7, 11) is 0. The Morgan fingerprint density at radius 1 is 1.27 bits per heavy atom. The number of halogens is 1. The van der Waals surface area contributed by atoms with Gasteiger partial charge in [0, 0.05) is 28.2 Å². The van der Waals surface area contributed by atoms with Crippen LogP contribution in [0.3, 0.4) is 0 Å². The smallest absolute Gasteiger partial charge is 0.258 e. The van der Waals surface area contributed by atoms with Crippen LogP contribution in [0.4, 0.5) is 11.5 Å². The Kier molecular flexibility index (Phi) is 5.08. The highest BCUT2D eigenvalue weighted by Crippen LogP contribution is 2.29. The van der Waals surface area contributed by atoms with Gasteiger partial charge in [0.25, 0.3) is 5.91 Å². The molecule has 9 heteroatoms. The van der Waals surface area contributed by atoms with Gasteiger partial charge in [-0.1, -0.05) is 24.4 Å². The Labute approximate surface area is 163 Å². The monoisotopic (exact) mass is 407 g/mol. The molecule has 136 valence electrons. The zero-order valence-corrected chi connectivity index (χ0v) is 16.3. The lowest BCUT2D eigenvalue weighted by atomic mass is 9.91. The molecule has 6 nitrogen and oxygen atoms in total. The number of fused-ring (bicyclic) bond motifs is 1. The third-order valence-electron chi connectivity index (χ3n) is 4.54. The molecule has 3 heterocycles. The number of hydrogen-bond acceptors (Lipinski definition) is 7. The third kappa shape index (κ3) is 3.55. The van der Waals surface area contributed by atoms with Crippen LogP contribution in [-0.2, 0) is 0 Å². The maximum Gasteiger partial charge on any atom is 0.258 e. The van der Waals surface area contributed by atoms with E-state index in [2.05, 4.69) is 20.6 Å². The second-order valence-electron chi connectivity index (χ2n) is 6.35. The molecule has 3 aromatic rings. The van der Waals surface area contributed by atoms with Gasteiger partial charge in [-0.05, 0) is 12.8 Å². The standard InChI is InChI=1S/C17H18ClN5OS2/c18-10-7-25-8-13(10)22-16(24)9-6-26-17-15(9)23-14(5-20-17)21-12-4-2-1-3-11(12)19/h5-8,11-12H,1-4,19H2,(H,21,23)(H,22,24)/t11-,12+/m0/s1. The number of amides is 1. The lowest BCUT2D eigenvalue weighted by Crippen LogP contribution is -2.42. The second kappa shape index (κ2) is 7.48. The lowest BCUT2D eigenvalue weighted by molar-refractivity contribution is 0.102. The number of thiophene rings is 2. The molecule has 2 atom stereocenters. The van der Waals surface area contributed by atoms with Crippen molar-refractivity contribution in [3.63, 3.8) is 0 Å². The highest BCUT2D eigenvalue weighted by Gasteiger charge is 2.23. The second-order valence-corrected chi connectivity index (χ2v) is 8.35. The van der Waals surface area contributed by atoms with Gasteiger partial charge < -0.3 is 16.4 Å². The van der Waals surface area contributed by atoms with E-state index in [0.29, 0.717) is 27.6 Å². The zero-order chi connectivity index (χ0) is 18.1. The fourth-order valence-electron chi connectivity index (χ4n) is 3.13. The van der Waals surface area contributed by atoms with Gasteiger partial charge in [0.1, 0.15) is 16.2 Å². The highest BCUT2D eigenvalue weighted by molar-refractivity contribution is 7.17. The minimum atomic E-state index is -0.239. The number of hydrogen-bond donors (Lipinski definition) is 3. The summed E-state index contributed by atoms with van der Waals surface area (Å²) in [5, 5.41) is 12.1. The van der Waals surface area contributed by atoms with Crippen LogP contribution in [0.5, 0.6) is 0 Å². The Bertz CT molecular complexity index is 940. The first-order valence-corrected chi connectivity index (χ1v) is 10.6. The molecule has 0 saturated heterocycles. The van der Waals surface area contributed by atoms with Crippen LogP contribution in [-0.4, -0.2) is 28.0 Å². The van der Waals surface area contributed by atoms with Crippen molar-refractivity contribution in [2.75, 3.05) is 10.6 Å². The molecule has 1 amide bonds. The van der Waals surface area contributed by atoms with Crippen molar-refractivity contribution in [2.24, 2.45) is 5.73 Å². The maximum absolute atomic E-state index is 12.6. The summed E-state index contributed by atoms with van der Waals surface area (Å²) in [5.74, 6) is 0.415. The van der Waals surface area contributed by atoms with Crippen LogP contribution >= 0.6 is 34.3 Å². The predicted octanol–water partition coefficient (Wildman–Crippen LogP) is 4.34. The van der Waals surface area contributed by atoms with Gasteiger partial charge in [-0.2, -0.15) is 0 Å². The SMILES string of the molecule is N[C@H]1CCCC[C@H]1Nc1cnc2scc(C(=O)Nc3cscc3Cl)c2n1. The van der Waals surface area contributed by atoms with Crippen molar-refractivity contribution in [3.05, 3.63) is 32.9 Å². The van der Waals surface area contributed by atoms with E-state index >= 15 is 0 Å². The first-order chi connectivity index (χ1) is 12.6. The van der Waals surface area contributed by atoms with Crippen molar-refractivity contribution >= 4 is 62.0 Å². The molecule has 26 heavy (non-hydrogen) atoms. The molecule has 0 spiro atoms. The van der Waals surface area contributed by atoms with Crippen molar-refractivity contribution < 1.29 is 4.79 Å². The molecular formula is C17H18ClN5OS2. The van der Waals surface area contributed by atoms with E-state index in [9.17, 15) is 4.79 Å². The van der Waals surface area contributed by atoms with Crippen LogP contribution in [0.2, 0.25) is 5.02 Å². The normalized spacial score (nSPS) is 20.2. The van der Waals surface area contributed by atoms with Gasteiger partial charge >= 0.3 is 0 Å². The number of nitrogens with one attached hydrogen (secondary N) is 2. The molecule has 1 fully saturated rings.